The Morgan fingerprint density at radius 3 is 2.55 bits per heavy atom. The maximum atomic E-state index is 11.7. The summed E-state index contributed by atoms with van der Waals surface area (Å²) in [5.41, 5.74) is -0.791. The highest BCUT2D eigenvalue weighted by atomic mass is 16.4. The van der Waals surface area contributed by atoms with Crippen LogP contribution in [0.4, 0.5) is 0 Å². The van der Waals surface area contributed by atoms with E-state index in [1.807, 2.05) is 6.92 Å². The SMILES string of the molecule is CC1CCC(C)N(C(C)CC(C)(NC2CC2)C(=O)O)C1. The molecule has 0 aromatic carbocycles. The molecule has 2 rings (SSSR count). The number of carbonyl (C=O) groups is 1. The Kier molecular flexibility index (Phi) is 4.75. The lowest BCUT2D eigenvalue weighted by Gasteiger charge is -2.43. The van der Waals surface area contributed by atoms with Crippen LogP contribution in [0.1, 0.15) is 59.8 Å². The average Bonchev–Trinajstić information content (AvgIpc) is 3.15. The summed E-state index contributed by atoms with van der Waals surface area (Å²) in [6.07, 6.45) is 5.44. The largest absolute Gasteiger partial charge is 0.480 e. The van der Waals surface area contributed by atoms with Crippen LogP contribution < -0.4 is 5.32 Å². The summed E-state index contributed by atoms with van der Waals surface area (Å²) in [5.74, 6) is 0.00934. The van der Waals surface area contributed by atoms with Gasteiger partial charge in [-0.1, -0.05) is 6.92 Å². The monoisotopic (exact) mass is 282 g/mol. The maximum Gasteiger partial charge on any atom is 0.323 e. The first-order valence-electron chi connectivity index (χ1n) is 8.08. The highest BCUT2D eigenvalue weighted by Crippen LogP contribution is 2.29. The number of nitrogens with zero attached hydrogens (tertiary/aromatic N) is 1. The van der Waals surface area contributed by atoms with Gasteiger partial charge in [0.05, 0.1) is 0 Å². The van der Waals surface area contributed by atoms with E-state index in [1.54, 1.807) is 0 Å². The van der Waals surface area contributed by atoms with Crippen LogP contribution in [0.15, 0.2) is 0 Å². The molecule has 1 aliphatic carbocycles. The van der Waals surface area contributed by atoms with E-state index in [4.69, 9.17) is 0 Å². The number of carboxylic acids is 1. The van der Waals surface area contributed by atoms with Crippen LogP contribution in [0.3, 0.4) is 0 Å². The summed E-state index contributed by atoms with van der Waals surface area (Å²) in [7, 11) is 0. The van der Waals surface area contributed by atoms with Gasteiger partial charge in [-0.2, -0.15) is 0 Å². The smallest absolute Gasteiger partial charge is 0.323 e. The molecule has 4 nitrogen and oxygen atoms in total. The van der Waals surface area contributed by atoms with Crippen molar-refractivity contribution >= 4 is 5.97 Å². The van der Waals surface area contributed by atoms with Crippen molar-refractivity contribution in [2.45, 2.75) is 83.5 Å². The van der Waals surface area contributed by atoms with Gasteiger partial charge in [0.15, 0.2) is 0 Å². The molecule has 0 radical (unpaired) electrons. The predicted octanol–water partition coefficient (Wildman–Crippen LogP) is 2.48. The summed E-state index contributed by atoms with van der Waals surface area (Å²) in [5, 5.41) is 12.9. The van der Waals surface area contributed by atoms with Crippen molar-refractivity contribution in [3.63, 3.8) is 0 Å². The number of piperidine rings is 1. The van der Waals surface area contributed by atoms with Crippen molar-refractivity contribution in [1.29, 1.82) is 0 Å². The van der Waals surface area contributed by atoms with Crippen LogP contribution in [-0.2, 0) is 4.79 Å². The molecule has 0 aromatic heterocycles. The van der Waals surface area contributed by atoms with E-state index in [0.29, 0.717) is 24.5 Å². The zero-order valence-corrected chi connectivity index (χ0v) is 13.4. The first-order valence-corrected chi connectivity index (χ1v) is 8.08. The van der Waals surface area contributed by atoms with E-state index in [0.717, 1.165) is 25.3 Å². The first kappa shape index (κ1) is 15.8. The van der Waals surface area contributed by atoms with Crippen molar-refractivity contribution in [3.8, 4) is 0 Å². The molecule has 0 aromatic rings. The fourth-order valence-corrected chi connectivity index (χ4v) is 3.53. The molecule has 1 heterocycles. The third-order valence-electron chi connectivity index (χ3n) is 5.01. The van der Waals surface area contributed by atoms with Crippen molar-refractivity contribution in [1.82, 2.24) is 10.2 Å². The van der Waals surface area contributed by atoms with Crippen LogP contribution in [0.5, 0.6) is 0 Å². The molecule has 1 saturated carbocycles. The predicted molar refractivity (Wildman–Crippen MR) is 80.8 cm³/mol. The number of rotatable bonds is 6. The number of carboxylic acid groups (broad SMARTS) is 1. The highest BCUT2D eigenvalue weighted by molar-refractivity contribution is 5.78. The second-order valence-corrected chi connectivity index (χ2v) is 7.34. The number of nitrogens with one attached hydrogen (secondary N) is 1. The van der Waals surface area contributed by atoms with E-state index >= 15 is 0 Å². The molecule has 0 bridgehead atoms. The Morgan fingerprint density at radius 2 is 2.00 bits per heavy atom. The minimum Gasteiger partial charge on any atom is -0.480 e. The quantitative estimate of drug-likeness (QED) is 0.786. The van der Waals surface area contributed by atoms with E-state index in [-0.39, 0.29) is 0 Å². The lowest BCUT2D eigenvalue weighted by Crippen LogP contribution is -2.56. The Morgan fingerprint density at radius 1 is 1.35 bits per heavy atom. The minimum atomic E-state index is -0.791. The summed E-state index contributed by atoms with van der Waals surface area (Å²) in [4.78, 5) is 14.2. The molecule has 4 heteroatoms. The standard InChI is InChI=1S/C16H30N2O2/c1-11-5-6-12(2)18(10-11)13(3)9-16(4,15(19)20)17-14-7-8-14/h11-14,17H,5-10H2,1-4H3,(H,19,20). The van der Waals surface area contributed by atoms with E-state index < -0.39 is 11.5 Å². The van der Waals surface area contributed by atoms with Crippen LogP contribution in [0.25, 0.3) is 0 Å². The van der Waals surface area contributed by atoms with Crippen LogP contribution in [0.2, 0.25) is 0 Å². The summed E-state index contributed by atoms with van der Waals surface area (Å²) in [6.45, 7) is 9.70. The molecule has 4 atom stereocenters. The van der Waals surface area contributed by atoms with Gasteiger partial charge in [0, 0.05) is 24.7 Å². The lowest BCUT2D eigenvalue weighted by molar-refractivity contribution is -0.145. The van der Waals surface area contributed by atoms with Crippen molar-refractivity contribution < 1.29 is 9.90 Å². The lowest BCUT2D eigenvalue weighted by atomic mass is 9.88. The van der Waals surface area contributed by atoms with Gasteiger partial charge in [-0.05, 0) is 58.8 Å². The molecule has 2 aliphatic rings. The number of hydrogen-bond acceptors (Lipinski definition) is 3. The van der Waals surface area contributed by atoms with Gasteiger partial charge >= 0.3 is 5.97 Å². The topological polar surface area (TPSA) is 52.6 Å². The molecule has 0 amide bonds. The molecule has 2 fully saturated rings. The van der Waals surface area contributed by atoms with Gasteiger partial charge in [0.1, 0.15) is 5.54 Å². The van der Waals surface area contributed by atoms with E-state index in [9.17, 15) is 9.90 Å². The zero-order valence-electron chi connectivity index (χ0n) is 13.4. The Balaban J connectivity index is 1.99. The third kappa shape index (κ3) is 3.73. The Hall–Kier alpha value is -0.610. The Bertz CT molecular complexity index is 356. The van der Waals surface area contributed by atoms with Gasteiger partial charge in [-0.3, -0.25) is 15.0 Å². The van der Waals surface area contributed by atoms with Crippen LogP contribution >= 0.6 is 0 Å². The second kappa shape index (κ2) is 6.02. The third-order valence-corrected chi connectivity index (χ3v) is 5.01. The molecule has 0 spiro atoms. The van der Waals surface area contributed by atoms with Crippen molar-refractivity contribution in [2.24, 2.45) is 5.92 Å². The van der Waals surface area contributed by atoms with Gasteiger partial charge in [-0.15, -0.1) is 0 Å². The molecule has 4 unspecified atom stereocenters. The van der Waals surface area contributed by atoms with E-state index in [2.05, 4.69) is 31.0 Å². The van der Waals surface area contributed by atoms with Gasteiger partial charge < -0.3 is 5.11 Å². The minimum absolute atomic E-state index is 0.306. The maximum absolute atomic E-state index is 11.7. The molecule has 116 valence electrons. The molecule has 1 aliphatic heterocycles. The number of likely N-dealkylation sites (tertiary alicyclic amines) is 1. The summed E-state index contributed by atoms with van der Waals surface area (Å²) < 4.78 is 0. The fourth-order valence-electron chi connectivity index (χ4n) is 3.53. The van der Waals surface area contributed by atoms with Gasteiger partial charge in [-0.25, -0.2) is 0 Å². The van der Waals surface area contributed by atoms with Crippen LogP contribution in [0, 0.1) is 5.92 Å². The summed E-state index contributed by atoms with van der Waals surface area (Å²) in [6, 6.07) is 1.29. The Labute approximate surface area is 122 Å². The average molecular weight is 282 g/mol. The fraction of sp³-hybridized carbons (Fsp3) is 0.938. The first-order chi connectivity index (χ1) is 9.32. The van der Waals surface area contributed by atoms with E-state index in [1.165, 1.54) is 12.8 Å². The zero-order chi connectivity index (χ0) is 14.9. The van der Waals surface area contributed by atoms with Gasteiger partial charge in [0.2, 0.25) is 0 Å². The second-order valence-electron chi connectivity index (χ2n) is 7.34. The molecule has 20 heavy (non-hydrogen) atoms. The number of aliphatic carboxylic acids is 1. The molecule has 1 saturated heterocycles. The molecular weight excluding hydrogens is 252 g/mol. The van der Waals surface area contributed by atoms with Crippen molar-refractivity contribution in [2.75, 3.05) is 6.54 Å². The van der Waals surface area contributed by atoms with Gasteiger partial charge in [0.25, 0.3) is 0 Å². The normalized spacial score (nSPS) is 32.6. The van der Waals surface area contributed by atoms with Crippen molar-refractivity contribution in [3.05, 3.63) is 0 Å². The number of hydrogen-bond donors (Lipinski definition) is 2. The highest BCUT2D eigenvalue weighted by Gasteiger charge is 2.41. The van der Waals surface area contributed by atoms with Crippen LogP contribution in [-0.4, -0.2) is 46.2 Å². The summed E-state index contributed by atoms with van der Waals surface area (Å²) >= 11 is 0. The molecule has 2 N–H and O–H groups in total. The molecular formula is C16H30N2O2.